The first kappa shape index (κ1) is 16.7. The number of sulfone groups is 1. The van der Waals surface area contributed by atoms with Crippen molar-refractivity contribution in [3.8, 4) is 11.5 Å². The van der Waals surface area contributed by atoms with Gasteiger partial charge in [0.1, 0.15) is 12.1 Å². The number of rotatable bonds is 5. The lowest BCUT2D eigenvalue weighted by Crippen LogP contribution is -2.08. The van der Waals surface area contributed by atoms with Crippen molar-refractivity contribution >= 4 is 21.4 Å². The Balaban J connectivity index is 1.76. The second kappa shape index (κ2) is 6.75. The first-order chi connectivity index (χ1) is 11.4. The zero-order valence-electron chi connectivity index (χ0n) is 12.4. The molecule has 1 heterocycles. The van der Waals surface area contributed by atoms with Crippen LogP contribution in [0.25, 0.3) is 11.5 Å². The van der Waals surface area contributed by atoms with Gasteiger partial charge in [-0.3, -0.25) is 0 Å². The Labute approximate surface area is 143 Å². The van der Waals surface area contributed by atoms with Crippen LogP contribution in [0.1, 0.15) is 11.3 Å². The van der Waals surface area contributed by atoms with Crippen LogP contribution in [0.4, 0.5) is 4.39 Å². The third-order valence-electron chi connectivity index (χ3n) is 3.33. The molecular weight excluding hydrogens is 353 g/mol. The zero-order valence-corrected chi connectivity index (χ0v) is 14.0. The lowest BCUT2D eigenvalue weighted by atomic mass is 10.2. The predicted octanol–water partition coefficient (Wildman–Crippen LogP) is 4.25. The second-order valence-corrected chi connectivity index (χ2v) is 7.75. The van der Waals surface area contributed by atoms with Gasteiger partial charge in [-0.1, -0.05) is 35.9 Å². The maximum atomic E-state index is 13.0. The van der Waals surface area contributed by atoms with Gasteiger partial charge in [0, 0.05) is 10.6 Å². The minimum absolute atomic E-state index is 0.0868. The highest BCUT2D eigenvalue weighted by molar-refractivity contribution is 7.89. The Morgan fingerprint density at radius 3 is 2.54 bits per heavy atom. The van der Waals surface area contributed by atoms with Crippen molar-refractivity contribution in [3.63, 3.8) is 0 Å². The molecule has 0 saturated heterocycles. The molecule has 1 aromatic heterocycles. The average molecular weight is 366 g/mol. The molecule has 0 aliphatic carbocycles. The molecule has 0 saturated carbocycles. The van der Waals surface area contributed by atoms with Crippen molar-refractivity contribution in [2.45, 2.75) is 11.5 Å². The van der Waals surface area contributed by atoms with E-state index in [9.17, 15) is 12.8 Å². The fraction of sp³-hybridized carbons (Fsp3) is 0.118. The quantitative estimate of drug-likeness (QED) is 0.678. The molecule has 124 valence electrons. The molecule has 2 aromatic carbocycles. The molecule has 0 radical (unpaired) electrons. The topological polar surface area (TPSA) is 60.2 Å². The third kappa shape index (κ3) is 4.01. The summed E-state index contributed by atoms with van der Waals surface area (Å²) in [5, 5.41) is 0.0868. The molecule has 0 N–H and O–H groups in total. The van der Waals surface area contributed by atoms with Crippen LogP contribution in [0.3, 0.4) is 0 Å². The van der Waals surface area contributed by atoms with E-state index in [1.165, 1.54) is 18.4 Å². The molecule has 0 atom stereocenters. The summed E-state index contributed by atoms with van der Waals surface area (Å²) in [4.78, 5) is 4.21. The van der Waals surface area contributed by atoms with Crippen LogP contribution in [0, 0.1) is 5.82 Å². The first-order valence-electron chi connectivity index (χ1n) is 7.07. The van der Waals surface area contributed by atoms with Gasteiger partial charge < -0.3 is 4.42 Å². The minimum Gasteiger partial charge on any atom is -0.444 e. The Morgan fingerprint density at radius 2 is 1.83 bits per heavy atom. The van der Waals surface area contributed by atoms with E-state index in [-0.39, 0.29) is 16.5 Å². The maximum absolute atomic E-state index is 13.0. The molecule has 0 spiro atoms. The number of aromatic nitrogens is 1. The average Bonchev–Trinajstić information content (AvgIpc) is 2.99. The summed E-state index contributed by atoms with van der Waals surface area (Å²) in [7, 11) is -3.52. The van der Waals surface area contributed by atoms with Gasteiger partial charge in [-0.25, -0.2) is 17.8 Å². The van der Waals surface area contributed by atoms with Gasteiger partial charge in [0.2, 0.25) is 5.89 Å². The molecule has 7 heteroatoms. The summed E-state index contributed by atoms with van der Waals surface area (Å²) >= 11 is 5.88. The molecular formula is C17H13ClFNO3S. The molecule has 0 bridgehead atoms. The van der Waals surface area contributed by atoms with Crippen LogP contribution < -0.4 is 0 Å². The van der Waals surface area contributed by atoms with E-state index in [4.69, 9.17) is 16.0 Å². The molecule has 4 nitrogen and oxygen atoms in total. The van der Waals surface area contributed by atoms with Crippen LogP contribution in [0.15, 0.2) is 59.2 Å². The highest BCUT2D eigenvalue weighted by Crippen LogP contribution is 2.23. The monoisotopic (exact) mass is 365 g/mol. The van der Waals surface area contributed by atoms with Gasteiger partial charge in [0.25, 0.3) is 0 Å². The molecule has 0 unspecified atom stereocenters. The minimum atomic E-state index is -3.52. The smallest absolute Gasteiger partial charge is 0.226 e. The van der Waals surface area contributed by atoms with Crippen molar-refractivity contribution in [2.24, 2.45) is 0 Å². The normalized spacial score (nSPS) is 11.6. The highest BCUT2D eigenvalue weighted by atomic mass is 35.5. The number of hydrogen-bond acceptors (Lipinski definition) is 4. The van der Waals surface area contributed by atoms with Crippen LogP contribution in [0.5, 0.6) is 0 Å². The molecule has 24 heavy (non-hydrogen) atoms. The van der Waals surface area contributed by atoms with Crippen molar-refractivity contribution in [2.75, 3.05) is 0 Å². The van der Waals surface area contributed by atoms with E-state index in [2.05, 4.69) is 4.98 Å². The zero-order chi connectivity index (χ0) is 17.2. The Kier molecular flexibility index (Phi) is 4.69. The standard InChI is InChI=1S/C17H13ClFNO3S/c18-16-8-14(19)7-6-13(16)10-24(21,22)11-15-9-23-17(20-15)12-4-2-1-3-5-12/h1-9H,10-11H2. The van der Waals surface area contributed by atoms with Crippen LogP contribution in [-0.2, 0) is 21.3 Å². The summed E-state index contributed by atoms with van der Waals surface area (Å²) in [6.07, 6.45) is 1.33. The van der Waals surface area contributed by atoms with E-state index in [0.29, 0.717) is 17.1 Å². The van der Waals surface area contributed by atoms with Crippen molar-refractivity contribution < 1.29 is 17.2 Å². The Hall–Kier alpha value is -2.18. The first-order valence-corrected chi connectivity index (χ1v) is 9.27. The summed E-state index contributed by atoms with van der Waals surface area (Å²) in [5.74, 6) is -0.720. The predicted molar refractivity (Wildman–Crippen MR) is 89.7 cm³/mol. The molecule has 0 fully saturated rings. The summed E-state index contributed by atoms with van der Waals surface area (Å²) in [5.41, 5.74) is 1.43. The van der Waals surface area contributed by atoms with E-state index < -0.39 is 15.7 Å². The second-order valence-electron chi connectivity index (χ2n) is 5.28. The van der Waals surface area contributed by atoms with Crippen LogP contribution in [-0.4, -0.2) is 13.4 Å². The van der Waals surface area contributed by atoms with Gasteiger partial charge >= 0.3 is 0 Å². The SMILES string of the molecule is O=S(=O)(Cc1coc(-c2ccccc2)n1)Cc1ccc(F)cc1Cl. The van der Waals surface area contributed by atoms with Gasteiger partial charge in [-0.2, -0.15) is 0 Å². The molecule has 0 amide bonds. The maximum Gasteiger partial charge on any atom is 0.226 e. The van der Waals surface area contributed by atoms with Crippen molar-refractivity contribution in [3.05, 3.63) is 76.9 Å². The lowest BCUT2D eigenvalue weighted by molar-refractivity contribution is 0.571. The van der Waals surface area contributed by atoms with Gasteiger partial charge in [0.05, 0.1) is 17.2 Å². The largest absolute Gasteiger partial charge is 0.444 e. The number of hydrogen-bond donors (Lipinski definition) is 0. The molecule has 3 rings (SSSR count). The molecule has 3 aromatic rings. The van der Waals surface area contributed by atoms with E-state index in [1.807, 2.05) is 30.3 Å². The number of oxazole rings is 1. The number of nitrogens with zero attached hydrogens (tertiary/aromatic N) is 1. The lowest BCUT2D eigenvalue weighted by Gasteiger charge is -2.05. The van der Waals surface area contributed by atoms with E-state index in [0.717, 1.165) is 11.6 Å². The number of benzene rings is 2. The fourth-order valence-electron chi connectivity index (χ4n) is 2.24. The third-order valence-corrected chi connectivity index (χ3v) is 5.17. The van der Waals surface area contributed by atoms with Crippen LogP contribution in [0.2, 0.25) is 5.02 Å². The van der Waals surface area contributed by atoms with Crippen molar-refractivity contribution in [1.82, 2.24) is 4.98 Å². The molecule has 0 aliphatic rings. The fourth-order valence-corrected chi connectivity index (χ4v) is 3.96. The summed E-state index contributed by atoms with van der Waals surface area (Å²) in [6.45, 7) is 0. The van der Waals surface area contributed by atoms with Gasteiger partial charge in [-0.05, 0) is 29.8 Å². The molecule has 0 aliphatic heterocycles. The Morgan fingerprint density at radius 1 is 1.08 bits per heavy atom. The van der Waals surface area contributed by atoms with Gasteiger partial charge in [-0.15, -0.1) is 0 Å². The van der Waals surface area contributed by atoms with Crippen LogP contribution >= 0.6 is 11.6 Å². The van der Waals surface area contributed by atoms with Gasteiger partial charge in [0.15, 0.2) is 9.84 Å². The summed E-state index contributed by atoms with van der Waals surface area (Å²) in [6, 6.07) is 12.8. The van der Waals surface area contributed by atoms with E-state index in [1.54, 1.807) is 0 Å². The van der Waals surface area contributed by atoms with E-state index >= 15 is 0 Å². The Bertz CT molecular complexity index is 955. The van der Waals surface area contributed by atoms with Crippen molar-refractivity contribution in [1.29, 1.82) is 0 Å². The summed E-state index contributed by atoms with van der Waals surface area (Å²) < 4.78 is 43.0. The highest BCUT2D eigenvalue weighted by Gasteiger charge is 2.18. The number of halogens is 2.